The molecule has 1 aliphatic carbocycles. The van der Waals surface area contributed by atoms with Crippen LogP contribution >= 0.6 is 0 Å². The van der Waals surface area contributed by atoms with Crippen LogP contribution in [0.3, 0.4) is 0 Å². The molecule has 0 aromatic heterocycles. The predicted octanol–water partition coefficient (Wildman–Crippen LogP) is 6.58. The molecule has 0 fully saturated rings. The minimum absolute atomic E-state index is 0. The molecule has 0 bridgehead atoms. The number of hydrogen-bond acceptors (Lipinski definition) is 0. The Morgan fingerprint density at radius 1 is 0.808 bits per heavy atom. The van der Waals surface area contributed by atoms with Crippen LogP contribution in [0.2, 0.25) is 0 Å². The van der Waals surface area contributed by atoms with Crippen molar-refractivity contribution in [2.24, 2.45) is 0 Å². The summed E-state index contributed by atoms with van der Waals surface area (Å²) in [6, 6.07) is 3.69. The van der Waals surface area contributed by atoms with Crippen molar-refractivity contribution in [3.63, 3.8) is 0 Å². The van der Waals surface area contributed by atoms with E-state index in [0.717, 1.165) is 6.40 Å². The topological polar surface area (TPSA) is 0 Å². The maximum absolute atomic E-state index is 9.23. The molecule has 0 nitrogen and oxygen atoms in total. The van der Waals surface area contributed by atoms with Crippen molar-refractivity contribution in [3.8, 4) is 0 Å². The van der Waals surface area contributed by atoms with E-state index in [-0.39, 0.29) is 44.0 Å². The van der Waals surface area contributed by atoms with E-state index in [0.29, 0.717) is 0 Å². The Hall–Kier alpha value is -0.586. The molecule has 0 N–H and O–H groups in total. The van der Waals surface area contributed by atoms with E-state index in [1.807, 2.05) is 0 Å². The number of aryl methyl sites for hydroxylation is 1. The molecule has 26 heavy (non-hydrogen) atoms. The second kappa shape index (κ2) is 7.10. The Morgan fingerprint density at radius 2 is 1.31 bits per heavy atom. The predicted molar refractivity (Wildman–Crippen MR) is 109 cm³/mol. The maximum Gasteiger partial charge on any atom is 0 e. The third-order valence-electron chi connectivity index (χ3n) is 7.31. The first kappa shape index (κ1) is 20.2. The van der Waals surface area contributed by atoms with Gasteiger partial charge in [0.15, 0.2) is 0 Å². The zero-order valence-corrected chi connectivity index (χ0v) is 21.0. The monoisotopic (exact) mass is 422 g/mol. The Balaban J connectivity index is 0.00000261. The summed E-state index contributed by atoms with van der Waals surface area (Å²) in [6.45, 7) is 22.2. The third-order valence-corrected chi connectivity index (χ3v) is 7.31. The molecule has 2 aromatic carbocycles. The molecule has 0 heterocycles. The first-order valence-corrected chi connectivity index (χ1v) is 9.40. The van der Waals surface area contributed by atoms with E-state index in [1.54, 1.807) is 0 Å². The zero-order valence-electron chi connectivity index (χ0n) is 19.2. The van der Waals surface area contributed by atoms with Gasteiger partial charge in [0.2, 0.25) is 0 Å². The maximum atomic E-state index is 9.23. The van der Waals surface area contributed by atoms with Crippen LogP contribution in [0, 0.1) is 67.9 Å². The molecular weight excluding hydrogens is 389 g/mol. The van der Waals surface area contributed by atoms with Crippen LogP contribution in [0.5, 0.6) is 0 Å². The molecule has 2 unspecified atom stereocenters. The summed E-state index contributed by atoms with van der Waals surface area (Å²) < 4.78 is 9.23. The van der Waals surface area contributed by atoms with E-state index in [9.17, 15) is 1.37 Å². The first-order chi connectivity index (χ1) is 12.0. The van der Waals surface area contributed by atoms with Crippen LogP contribution in [-0.4, -0.2) is 0 Å². The van der Waals surface area contributed by atoms with Gasteiger partial charge < -0.3 is 0 Å². The van der Waals surface area contributed by atoms with Crippen molar-refractivity contribution in [1.82, 2.24) is 0 Å². The Morgan fingerprint density at radius 3 is 1.88 bits per heavy atom. The molecular formula is C25H32Y-2. The zero-order chi connectivity index (χ0) is 19.7. The van der Waals surface area contributed by atoms with Crippen LogP contribution < -0.4 is 0 Å². The van der Waals surface area contributed by atoms with Crippen LogP contribution in [0.4, 0.5) is 0 Å². The molecule has 2 aromatic rings. The van der Waals surface area contributed by atoms with Crippen LogP contribution in [0.25, 0.3) is 0 Å². The molecule has 3 rings (SSSR count). The van der Waals surface area contributed by atoms with E-state index in [4.69, 9.17) is 0 Å². The van der Waals surface area contributed by atoms with Gasteiger partial charge in [-0.05, 0) is 8.29 Å². The van der Waals surface area contributed by atoms with Crippen molar-refractivity contribution in [2.75, 3.05) is 0 Å². The molecule has 1 radical (unpaired) electrons. The molecule has 2 atom stereocenters. The second-order valence-electron chi connectivity index (χ2n) is 8.34. The van der Waals surface area contributed by atoms with Crippen molar-refractivity contribution in [3.05, 3.63) is 73.7 Å². The SMILES string of the molecule is [2H][C-]1c2c(C)c(C)c(C)c(C)c2C(C)C1(C)c1[c-]c(C)c(C)c(C)c1C.[Y]. The smallest absolute Gasteiger partial charge is 0 e. The minimum atomic E-state index is -0.328. The van der Waals surface area contributed by atoms with Gasteiger partial charge in [-0.25, -0.2) is 0 Å². The van der Waals surface area contributed by atoms with E-state index in [2.05, 4.69) is 75.3 Å². The van der Waals surface area contributed by atoms with Gasteiger partial charge in [-0.2, -0.15) is 45.8 Å². The van der Waals surface area contributed by atoms with Gasteiger partial charge in [0.25, 0.3) is 0 Å². The number of hydrogen-bond donors (Lipinski definition) is 0. The first-order valence-electron chi connectivity index (χ1n) is 9.90. The molecule has 1 heteroatoms. The molecule has 0 saturated heterocycles. The van der Waals surface area contributed by atoms with E-state index >= 15 is 0 Å². The molecule has 0 spiro atoms. The van der Waals surface area contributed by atoms with Crippen molar-refractivity contribution in [2.45, 2.75) is 80.6 Å². The molecule has 0 amide bonds. The summed E-state index contributed by atoms with van der Waals surface area (Å²) in [4.78, 5) is 0. The third kappa shape index (κ3) is 2.83. The average Bonchev–Trinajstić information content (AvgIpc) is 2.81. The van der Waals surface area contributed by atoms with Crippen molar-refractivity contribution in [1.29, 1.82) is 0 Å². The Kier molecular flexibility index (Phi) is 5.51. The van der Waals surface area contributed by atoms with Gasteiger partial charge in [-0.15, -0.1) is 22.3 Å². The van der Waals surface area contributed by atoms with Gasteiger partial charge in [-0.1, -0.05) is 79.2 Å². The Labute approximate surface area is 187 Å². The van der Waals surface area contributed by atoms with Gasteiger partial charge in [0, 0.05) is 32.7 Å². The van der Waals surface area contributed by atoms with Crippen LogP contribution in [0.1, 0.15) is 82.3 Å². The summed E-state index contributed by atoms with van der Waals surface area (Å²) in [5, 5.41) is 0. The number of fused-ring (bicyclic) bond motifs is 1. The molecule has 137 valence electrons. The summed E-state index contributed by atoms with van der Waals surface area (Å²) >= 11 is 0. The fourth-order valence-electron chi connectivity index (χ4n) is 4.62. The fourth-order valence-corrected chi connectivity index (χ4v) is 4.62. The van der Waals surface area contributed by atoms with Gasteiger partial charge in [-0.3, -0.25) is 0 Å². The number of rotatable bonds is 1. The van der Waals surface area contributed by atoms with Gasteiger partial charge in [0.1, 0.15) is 0 Å². The summed E-state index contributed by atoms with van der Waals surface area (Å²) in [5.74, 6) is 0.277. The fraction of sp³-hybridized carbons (Fsp3) is 0.480. The second-order valence-corrected chi connectivity index (χ2v) is 8.34. The minimum Gasteiger partial charge on any atom is -0.184 e. The van der Waals surface area contributed by atoms with Gasteiger partial charge in [0.05, 0.1) is 0 Å². The molecule has 0 saturated carbocycles. The van der Waals surface area contributed by atoms with Crippen LogP contribution in [-0.2, 0) is 38.1 Å². The van der Waals surface area contributed by atoms with Crippen molar-refractivity contribution < 1.29 is 34.1 Å². The quantitative estimate of drug-likeness (QED) is 0.456. The largest absolute Gasteiger partial charge is 0.184 e. The molecule has 0 aliphatic heterocycles. The van der Waals surface area contributed by atoms with Gasteiger partial charge >= 0.3 is 0 Å². The van der Waals surface area contributed by atoms with Crippen molar-refractivity contribution >= 4 is 0 Å². The van der Waals surface area contributed by atoms with Crippen LogP contribution in [0.15, 0.2) is 0 Å². The standard InChI is InChI=1S/C25H32.Y/c1-13-11-23(19(7)15(3)14(13)2)25(10)12-22-18(6)16(4)17(5)20(8)24(22)21(25)9;/h12,21H,1-10H3;/q-2;/i12D;. The average molecular weight is 422 g/mol. The molecule has 1 aliphatic rings. The number of benzene rings is 2. The van der Waals surface area contributed by atoms with E-state index in [1.165, 1.54) is 61.2 Å². The Bertz CT molecular complexity index is 882. The summed E-state index contributed by atoms with van der Waals surface area (Å²) in [7, 11) is 0. The summed E-state index contributed by atoms with van der Waals surface area (Å²) in [5.41, 5.74) is 14.0. The van der Waals surface area contributed by atoms with E-state index < -0.39 is 0 Å². The summed E-state index contributed by atoms with van der Waals surface area (Å²) in [6.07, 6.45) is 0.769. The normalized spacial score (nSPS) is 22.2.